The summed E-state index contributed by atoms with van der Waals surface area (Å²) in [5.74, 6) is -1.15. The molecule has 1 N–H and O–H groups in total. The first-order valence-corrected chi connectivity index (χ1v) is 7.35. The van der Waals surface area contributed by atoms with E-state index in [1.807, 2.05) is 6.07 Å². The van der Waals surface area contributed by atoms with Gasteiger partial charge in [-0.25, -0.2) is 4.79 Å². The Labute approximate surface area is 144 Å². The Bertz CT molecular complexity index is 825. The minimum Gasteiger partial charge on any atom is -0.452 e. The molecule has 5 nitrogen and oxygen atoms in total. The molecule has 0 aliphatic carbocycles. The number of carbonyl (C=O) groups excluding carboxylic acids is 2. The molecule has 0 aromatic heterocycles. The highest BCUT2D eigenvalue weighted by Gasteiger charge is 2.06. The minimum atomic E-state index is -0.657. The van der Waals surface area contributed by atoms with Gasteiger partial charge in [0.05, 0.1) is 11.6 Å². The number of carbonyl (C=O) groups is 2. The van der Waals surface area contributed by atoms with Crippen molar-refractivity contribution >= 4 is 35.2 Å². The number of hydrogen-bond acceptors (Lipinski definition) is 4. The molecule has 6 heteroatoms. The largest absolute Gasteiger partial charge is 0.452 e. The quantitative estimate of drug-likeness (QED) is 0.668. The molecule has 0 unspecified atom stereocenters. The molecule has 0 heterocycles. The van der Waals surface area contributed by atoms with Crippen LogP contribution in [0.4, 0.5) is 5.69 Å². The van der Waals surface area contributed by atoms with E-state index in [0.29, 0.717) is 21.8 Å². The van der Waals surface area contributed by atoms with E-state index in [2.05, 4.69) is 5.32 Å². The van der Waals surface area contributed by atoms with Crippen LogP contribution in [0.15, 0.2) is 54.6 Å². The van der Waals surface area contributed by atoms with Crippen molar-refractivity contribution in [2.45, 2.75) is 0 Å². The Hall–Kier alpha value is -3.10. The van der Waals surface area contributed by atoms with Gasteiger partial charge in [-0.3, -0.25) is 4.79 Å². The molecule has 120 valence electrons. The van der Waals surface area contributed by atoms with Gasteiger partial charge in [0.1, 0.15) is 0 Å². The van der Waals surface area contributed by atoms with Gasteiger partial charge in [-0.15, -0.1) is 0 Å². The molecule has 0 bridgehead atoms. The highest BCUT2D eigenvalue weighted by Crippen LogP contribution is 2.16. The number of ether oxygens (including phenoxy) is 1. The zero-order valence-electron chi connectivity index (χ0n) is 12.5. The maximum absolute atomic E-state index is 11.7. The average molecular weight is 341 g/mol. The second-order valence-corrected chi connectivity index (χ2v) is 5.11. The van der Waals surface area contributed by atoms with Crippen LogP contribution in [0.2, 0.25) is 5.02 Å². The first kappa shape index (κ1) is 17.3. The summed E-state index contributed by atoms with van der Waals surface area (Å²) < 4.78 is 4.85. The lowest BCUT2D eigenvalue weighted by Gasteiger charge is -2.05. The fourth-order valence-corrected chi connectivity index (χ4v) is 2.02. The van der Waals surface area contributed by atoms with E-state index in [4.69, 9.17) is 21.6 Å². The first-order valence-electron chi connectivity index (χ1n) is 6.98. The third kappa shape index (κ3) is 5.27. The number of nitrogens with zero attached hydrogens (tertiary/aromatic N) is 1. The summed E-state index contributed by atoms with van der Waals surface area (Å²) in [6.07, 6.45) is 2.71. The van der Waals surface area contributed by atoms with Crippen LogP contribution < -0.4 is 5.32 Å². The molecule has 0 aliphatic rings. The number of halogens is 1. The van der Waals surface area contributed by atoms with Gasteiger partial charge in [-0.05, 0) is 35.9 Å². The second kappa shape index (κ2) is 8.51. The van der Waals surface area contributed by atoms with Gasteiger partial charge < -0.3 is 10.1 Å². The van der Waals surface area contributed by atoms with E-state index in [-0.39, 0.29) is 0 Å². The van der Waals surface area contributed by atoms with Crippen molar-refractivity contribution in [3.63, 3.8) is 0 Å². The summed E-state index contributed by atoms with van der Waals surface area (Å²) in [6.45, 7) is -0.428. The molecule has 2 aromatic rings. The average Bonchev–Trinajstić information content (AvgIpc) is 2.59. The van der Waals surface area contributed by atoms with Crippen LogP contribution in [-0.2, 0) is 14.3 Å². The molecule has 24 heavy (non-hydrogen) atoms. The Morgan fingerprint density at radius 1 is 1.21 bits per heavy atom. The van der Waals surface area contributed by atoms with E-state index in [1.165, 1.54) is 18.2 Å². The third-order valence-electron chi connectivity index (χ3n) is 2.93. The van der Waals surface area contributed by atoms with Gasteiger partial charge in [0.15, 0.2) is 6.61 Å². The second-order valence-electron chi connectivity index (χ2n) is 4.70. The van der Waals surface area contributed by atoms with E-state index in [9.17, 15) is 9.59 Å². The number of anilines is 1. The van der Waals surface area contributed by atoms with E-state index in [0.717, 1.165) is 0 Å². The maximum atomic E-state index is 11.7. The third-order valence-corrected chi connectivity index (χ3v) is 3.27. The van der Waals surface area contributed by atoms with Crippen LogP contribution in [0.25, 0.3) is 6.08 Å². The molecule has 0 fully saturated rings. The van der Waals surface area contributed by atoms with Crippen LogP contribution in [0.1, 0.15) is 11.1 Å². The van der Waals surface area contributed by atoms with Crippen molar-refractivity contribution in [2.75, 3.05) is 11.9 Å². The zero-order chi connectivity index (χ0) is 17.4. The molecule has 0 saturated heterocycles. The molecular formula is C18H13ClN2O3. The SMILES string of the molecule is N#Cc1cccc(NC(=O)COC(=O)/C=C/c2ccccc2Cl)c1. The van der Waals surface area contributed by atoms with Gasteiger partial charge in [-0.1, -0.05) is 35.9 Å². The lowest BCUT2D eigenvalue weighted by molar-refractivity contribution is -0.142. The molecule has 0 atom stereocenters. The molecule has 2 rings (SSSR count). The fraction of sp³-hybridized carbons (Fsp3) is 0.0556. The predicted octanol–water partition coefficient (Wildman–Crippen LogP) is 3.41. The topological polar surface area (TPSA) is 79.2 Å². The molecule has 0 saturated carbocycles. The van der Waals surface area contributed by atoms with Crippen molar-refractivity contribution in [1.29, 1.82) is 5.26 Å². The molecule has 2 aromatic carbocycles. The lowest BCUT2D eigenvalue weighted by atomic mass is 10.2. The van der Waals surface area contributed by atoms with Crippen LogP contribution in [0.5, 0.6) is 0 Å². The fourth-order valence-electron chi connectivity index (χ4n) is 1.82. The molecule has 0 spiro atoms. The van der Waals surface area contributed by atoms with Gasteiger partial charge in [0.25, 0.3) is 5.91 Å². The van der Waals surface area contributed by atoms with Crippen molar-refractivity contribution < 1.29 is 14.3 Å². The number of esters is 1. The number of amides is 1. The lowest BCUT2D eigenvalue weighted by Crippen LogP contribution is -2.20. The molecule has 0 radical (unpaired) electrons. The molecule has 0 aliphatic heterocycles. The highest BCUT2D eigenvalue weighted by molar-refractivity contribution is 6.32. The monoisotopic (exact) mass is 340 g/mol. The number of hydrogen-bond donors (Lipinski definition) is 1. The zero-order valence-corrected chi connectivity index (χ0v) is 13.3. The van der Waals surface area contributed by atoms with Crippen LogP contribution in [-0.4, -0.2) is 18.5 Å². The number of rotatable bonds is 5. The van der Waals surface area contributed by atoms with Crippen LogP contribution >= 0.6 is 11.6 Å². The summed E-state index contributed by atoms with van der Waals surface area (Å²) in [5.41, 5.74) is 1.56. The van der Waals surface area contributed by atoms with E-state index < -0.39 is 18.5 Å². The summed E-state index contributed by atoms with van der Waals surface area (Å²) in [4.78, 5) is 23.3. The van der Waals surface area contributed by atoms with Gasteiger partial charge >= 0.3 is 5.97 Å². The number of benzene rings is 2. The molecule has 1 amide bonds. The van der Waals surface area contributed by atoms with E-state index >= 15 is 0 Å². The number of nitrogens with one attached hydrogen (secondary N) is 1. The van der Waals surface area contributed by atoms with Gasteiger partial charge in [0.2, 0.25) is 0 Å². The normalized spacial score (nSPS) is 10.2. The molecular weight excluding hydrogens is 328 g/mol. The maximum Gasteiger partial charge on any atom is 0.331 e. The summed E-state index contributed by atoms with van der Waals surface area (Å²) in [6, 6.07) is 15.4. The van der Waals surface area contributed by atoms with Gasteiger partial charge in [0, 0.05) is 16.8 Å². The Morgan fingerprint density at radius 3 is 2.75 bits per heavy atom. The Morgan fingerprint density at radius 2 is 2.00 bits per heavy atom. The van der Waals surface area contributed by atoms with Crippen LogP contribution in [0.3, 0.4) is 0 Å². The van der Waals surface area contributed by atoms with Crippen molar-refractivity contribution in [3.05, 3.63) is 70.8 Å². The smallest absolute Gasteiger partial charge is 0.331 e. The Balaban J connectivity index is 1.84. The summed E-state index contributed by atoms with van der Waals surface area (Å²) >= 11 is 5.96. The van der Waals surface area contributed by atoms with Gasteiger partial charge in [-0.2, -0.15) is 5.26 Å². The van der Waals surface area contributed by atoms with Crippen molar-refractivity contribution in [2.24, 2.45) is 0 Å². The van der Waals surface area contributed by atoms with E-state index in [1.54, 1.807) is 42.5 Å². The van der Waals surface area contributed by atoms with Crippen LogP contribution in [0, 0.1) is 11.3 Å². The highest BCUT2D eigenvalue weighted by atomic mass is 35.5. The summed E-state index contributed by atoms with van der Waals surface area (Å²) in [5, 5.41) is 11.8. The minimum absolute atomic E-state index is 0.424. The van der Waals surface area contributed by atoms with Crippen molar-refractivity contribution in [3.8, 4) is 6.07 Å². The first-order chi connectivity index (χ1) is 11.6. The summed E-state index contributed by atoms with van der Waals surface area (Å²) in [7, 11) is 0. The predicted molar refractivity (Wildman–Crippen MR) is 91.2 cm³/mol. The van der Waals surface area contributed by atoms with Crippen molar-refractivity contribution in [1.82, 2.24) is 0 Å². The Kier molecular flexibility index (Phi) is 6.12. The number of nitriles is 1. The standard InChI is InChI=1S/C18H13ClN2O3/c19-16-7-2-1-5-14(16)8-9-18(23)24-12-17(22)21-15-6-3-4-13(10-15)11-20/h1-10H,12H2,(H,21,22)/b9-8+.